The lowest BCUT2D eigenvalue weighted by atomic mass is 10.2. The minimum Gasteiger partial charge on any atom is -0.478 e. The van der Waals surface area contributed by atoms with Gasteiger partial charge in [0.1, 0.15) is 0 Å². The second-order valence-corrected chi connectivity index (χ2v) is 2.52. The first kappa shape index (κ1) is 9.91. The highest BCUT2D eigenvalue weighted by Crippen LogP contribution is 2.13. The van der Waals surface area contributed by atoms with E-state index < -0.39 is 10.9 Å². The van der Waals surface area contributed by atoms with Crippen molar-refractivity contribution in [3.05, 3.63) is 46.0 Å². The number of nitro benzene ring substituents is 1. The van der Waals surface area contributed by atoms with Crippen LogP contribution in [0, 0.1) is 10.1 Å². The van der Waals surface area contributed by atoms with Gasteiger partial charge in [0.2, 0.25) is 0 Å². The van der Waals surface area contributed by atoms with Crippen LogP contribution in [0.4, 0.5) is 5.69 Å². The fourth-order valence-corrected chi connectivity index (χ4v) is 0.910. The predicted octanol–water partition coefficient (Wildman–Crippen LogP) is 1.69. The van der Waals surface area contributed by atoms with Gasteiger partial charge in [0.25, 0.3) is 5.69 Å². The van der Waals surface area contributed by atoms with Crippen molar-refractivity contribution in [3.63, 3.8) is 0 Å². The van der Waals surface area contributed by atoms with Crippen LogP contribution in [0.5, 0.6) is 0 Å². The minimum absolute atomic E-state index is 0.0578. The molecule has 0 radical (unpaired) electrons. The van der Waals surface area contributed by atoms with Gasteiger partial charge < -0.3 is 5.11 Å². The number of carbonyl (C=O) groups is 1. The third-order valence-electron chi connectivity index (χ3n) is 1.50. The summed E-state index contributed by atoms with van der Waals surface area (Å²) < 4.78 is 0. The molecule has 0 heterocycles. The van der Waals surface area contributed by atoms with Gasteiger partial charge in [0.05, 0.1) is 4.92 Å². The van der Waals surface area contributed by atoms with Gasteiger partial charge in [-0.05, 0) is 11.6 Å². The van der Waals surface area contributed by atoms with Gasteiger partial charge in [0.15, 0.2) is 0 Å². The lowest BCUT2D eigenvalue weighted by molar-refractivity contribution is -0.384. The highest BCUT2D eigenvalue weighted by Gasteiger charge is 2.03. The van der Waals surface area contributed by atoms with Gasteiger partial charge in [-0.2, -0.15) is 0 Å². The lowest BCUT2D eigenvalue weighted by Gasteiger charge is -1.92. The van der Waals surface area contributed by atoms with E-state index >= 15 is 0 Å². The smallest absolute Gasteiger partial charge is 0.328 e. The Labute approximate surface area is 79.4 Å². The first-order valence-electron chi connectivity index (χ1n) is 3.75. The number of hydrogen-bond donors (Lipinski definition) is 1. The average molecular weight is 193 g/mol. The van der Waals surface area contributed by atoms with Crippen LogP contribution in [0.2, 0.25) is 0 Å². The molecule has 0 aliphatic carbocycles. The van der Waals surface area contributed by atoms with E-state index in [2.05, 4.69) is 0 Å². The van der Waals surface area contributed by atoms with Gasteiger partial charge in [0, 0.05) is 18.2 Å². The van der Waals surface area contributed by atoms with E-state index in [0.29, 0.717) is 5.56 Å². The number of rotatable bonds is 3. The van der Waals surface area contributed by atoms with Crippen molar-refractivity contribution in [2.75, 3.05) is 0 Å². The molecule has 5 heteroatoms. The maximum atomic E-state index is 10.4. The van der Waals surface area contributed by atoms with E-state index in [1.54, 1.807) is 6.07 Å². The third kappa shape index (κ3) is 2.71. The van der Waals surface area contributed by atoms with Gasteiger partial charge in [-0.15, -0.1) is 0 Å². The van der Waals surface area contributed by atoms with E-state index in [1.807, 2.05) is 0 Å². The molecule has 0 spiro atoms. The number of benzene rings is 1. The quantitative estimate of drug-likeness (QED) is 0.450. The van der Waals surface area contributed by atoms with E-state index in [4.69, 9.17) is 5.11 Å². The monoisotopic (exact) mass is 193 g/mol. The Morgan fingerprint density at radius 2 is 2.21 bits per heavy atom. The summed E-state index contributed by atoms with van der Waals surface area (Å²) in [5, 5.41) is 18.7. The normalized spacial score (nSPS) is 10.3. The molecular formula is C9H7NO4. The molecule has 0 bridgehead atoms. The number of carboxylic acid groups (broad SMARTS) is 1. The molecule has 0 aromatic heterocycles. The average Bonchev–Trinajstić information content (AvgIpc) is 2.15. The van der Waals surface area contributed by atoms with Crippen LogP contribution in [0.15, 0.2) is 30.3 Å². The van der Waals surface area contributed by atoms with Crippen LogP contribution in [0.1, 0.15) is 5.56 Å². The van der Waals surface area contributed by atoms with Crippen molar-refractivity contribution in [2.45, 2.75) is 0 Å². The maximum absolute atomic E-state index is 10.4. The number of carboxylic acids is 1. The highest BCUT2D eigenvalue weighted by molar-refractivity contribution is 5.85. The molecule has 0 aliphatic heterocycles. The fraction of sp³-hybridized carbons (Fsp3) is 0. The molecule has 0 fully saturated rings. The molecule has 1 aromatic carbocycles. The van der Waals surface area contributed by atoms with Crippen LogP contribution < -0.4 is 0 Å². The van der Waals surface area contributed by atoms with Crippen LogP contribution in [-0.2, 0) is 4.79 Å². The van der Waals surface area contributed by atoms with E-state index in [0.717, 1.165) is 6.08 Å². The van der Waals surface area contributed by atoms with Crippen molar-refractivity contribution in [1.82, 2.24) is 0 Å². The first-order chi connectivity index (χ1) is 6.59. The summed E-state index contributed by atoms with van der Waals surface area (Å²) in [5.74, 6) is -1.09. The SMILES string of the molecule is O=C(O)/C=C\c1cccc([N+](=O)[O-])c1. The van der Waals surface area contributed by atoms with Crippen LogP contribution in [-0.4, -0.2) is 16.0 Å². The Kier molecular flexibility index (Phi) is 2.96. The van der Waals surface area contributed by atoms with E-state index in [9.17, 15) is 14.9 Å². The molecule has 0 aliphatic rings. The van der Waals surface area contributed by atoms with E-state index in [1.165, 1.54) is 24.3 Å². The fourth-order valence-electron chi connectivity index (χ4n) is 0.910. The Morgan fingerprint density at radius 1 is 1.50 bits per heavy atom. The zero-order valence-electron chi connectivity index (χ0n) is 7.08. The van der Waals surface area contributed by atoms with Crippen molar-refractivity contribution in [3.8, 4) is 0 Å². The van der Waals surface area contributed by atoms with Crippen molar-refractivity contribution in [1.29, 1.82) is 0 Å². The second-order valence-electron chi connectivity index (χ2n) is 2.52. The predicted molar refractivity (Wildman–Crippen MR) is 49.8 cm³/mol. The number of non-ortho nitro benzene ring substituents is 1. The Balaban J connectivity index is 2.94. The number of nitrogens with zero attached hydrogens (tertiary/aromatic N) is 1. The largest absolute Gasteiger partial charge is 0.478 e. The molecule has 0 saturated carbocycles. The zero-order chi connectivity index (χ0) is 10.6. The summed E-state index contributed by atoms with van der Waals surface area (Å²) in [5.41, 5.74) is 0.430. The summed E-state index contributed by atoms with van der Waals surface area (Å²) in [6.45, 7) is 0. The Bertz CT molecular complexity index is 398. The van der Waals surface area contributed by atoms with Gasteiger partial charge in [-0.1, -0.05) is 12.1 Å². The molecule has 5 nitrogen and oxygen atoms in total. The zero-order valence-corrected chi connectivity index (χ0v) is 7.08. The molecule has 72 valence electrons. The van der Waals surface area contributed by atoms with Gasteiger partial charge in [-0.3, -0.25) is 10.1 Å². The lowest BCUT2D eigenvalue weighted by Crippen LogP contribution is -1.88. The van der Waals surface area contributed by atoms with Gasteiger partial charge >= 0.3 is 5.97 Å². The summed E-state index contributed by atoms with van der Waals surface area (Å²) in [4.78, 5) is 20.0. The third-order valence-corrected chi connectivity index (χ3v) is 1.50. The summed E-state index contributed by atoms with van der Waals surface area (Å²) in [7, 11) is 0. The molecule has 1 rings (SSSR count). The molecule has 0 atom stereocenters. The molecule has 0 unspecified atom stereocenters. The number of aliphatic carboxylic acids is 1. The van der Waals surface area contributed by atoms with Crippen molar-refractivity contribution in [2.24, 2.45) is 0 Å². The molecule has 14 heavy (non-hydrogen) atoms. The van der Waals surface area contributed by atoms with Crippen LogP contribution >= 0.6 is 0 Å². The molecule has 0 saturated heterocycles. The molecular weight excluding hydrogens is 186 g/mol. The summed E-state index contributed by atoms with van der Waals surface area (Å²) in [6.07, 6.45) is 2.23. The maximum Gasteiger partial charge on any atom is 0.328 e. The summed E-state index contributed by atoms with van der Waals surface area (Å²) >= 11 is 0. The Morgan fingerprint density at radius 3 is 2.79 bits per heavy atom. The number of nitro groups is 1. The second kappa shape index (κ2) is 4.18. The molecule has 1 N–H and O–H groups in total. The minimum atomic E-state index is -1.09. The standard InChI is InChI=1S/C9H7NO4/c11-9(12)5-4-7-2-1-3-8(6-7)10(13)14/h1-6H,(H,11,12)/b5-4-. The van der Waals surface area contributed by atoms with Crippen molar-refractivity contribution >= 4 is 17.7 Å². The Hall–Kier alpha value is -2.17. The van der Waals surface area contributed by atoms with Crippen molar-refractivity contribution < 1.29 is 14.8 Å². The van der Waals surface area contributed by atoms with Crippen LogP contribution in [0.3, 0.4) is 0 Å². The van der Waals surface area contributed by atoms with Crippen LogP contribution in [0.25, 0.3) is 6.08 Å². The number of hydrogen-bond acceptors (Lipinski definition) is 3. The summed E-state index contributed by atoms with van der Waals surface area (Å²) in [6, 6.07) is 5.74. The topological polar surface area (TPSA) is 80.4 Å². The first-order valence-corrected chi connectivity index (χ1v) is 3.75. The molecule has 1 aromatic rings. The van der Waals surface area contributed by atoms with E-state index in [-0.39, 0.29) is 5.69 Å². The van der Waals surface area contributed by atoms with Gasteiger partial charge in [-0.25, -0.2) is 4.79 Å². The highest BCUT2D eigenvalue weighted by atomic mass is 16.6. The molecule has 0 amide bonds.